The number of rotatable bonds is 6. The number of aromatic nitrogens is 2. The van der Waals surface area contributed by atoms with Gasteiger partial charge in [-0.25, -0.2) is 9.97 Å². The average molecular weight is 514 g/mol. The maximum absolute atomic E-state index is 4.58. The molecule has 1 aliphatic rings. The predicted molar refractivity (Wildman–Crippen MR) is 129 cm³/mol. The van der Waals surface area contributed by atoms with Gasteiger partial charge in [0.25, 0.3) is 0 Å². The number of pyridine rings is 1. The van der Waals surface area contributed by atoms with Gasteiger partial charge in [0, 0.05) is 51.2 Å². The van der Waals surface area contributed by atoms with Crippen molar-refractivity contribution in [1.82, 2.24) is 20.6 Å². The molecule has 1 saturated heterocycles. The fraction of sp³-hybridized carbons (Fsp3) is 0.550. The second-order valence-corrected chi connectivity index (χ2v) is 7.95. The van der Waals surface area contributed by atoms with E-state index in [0.29, 0.717) is 0 Å². The predicted octanol–water partition coefficient (Wildman–Crippen LogP) is 3.75. The Morgan fingerprint density at radius 2 is 2.00 bits per heavy atom. The molecule has 28 heavy (non-hydrogen) atoms. The molecule has 0 spiro atoms. The number of nitrogens with one attached hydrogen (secondary N) is 2. The Morgan fingerprint density at radius 1 is 1.21 bits per heavy atom. The molecule has 2 N–H and O–H groups in total. The number of halogens is 1. The molecule has 1 aliphatic heterocycles. The van der Waals surface area contributed by atoms with Crippen molar-refractivity contribution in [3.8, 4) is 0 Å². The van der Waals surface area contributed by atoms with Gasteiger partial charge in [0.05, 0.1) is 10.7 Å². The Balaban J connectivity index is 0.00000280. The van der Waals surface area contributed by atoms with Crippen molar-refractivity contribution in [1.29, 1.82) is 0 Å². The minimum Gasteiger partial charge on any atom is -0.357 e. The lowest BCUT2D eigenvalue weighted by molar-refractivity contribution is 0.726. The minimum absolute atomic E-state index is 0. The van der Waals surface area contributed by atoms with Crippen LogP contribution in [0.4, 0.5) is 5.82 Å². The molecule has 0 saturated carbocycles. The number of anilines is 1. The molecule has 8 heteroatoms. The number of guanidine groups is 1. The van der Waals surface area contributed by atoms with Crippen LogP contribution in [0.2, 0.25) is 0 Å². The van der Waals surface area contributed by atoms with Crippen LogP contribution >= 0.6 is 35.3 Å². The van der Waals surface area contributed by atoms with Crippen LogP contribution < -0.4 is 15.5 Å². The zero-order chi connectivity index (χ0) is 18.9. The maximum Gasteiger partial charge on any atom is 0.191 e. The van der Waals surface area contributed by atoms with Gasteiger partial charge in [-0.15, -0.1) is 35.3 Å². The third kappa shape index (κ3) is 7.20. The summed E-state index contributed by atoms with van der Waals surface area (Å²) in [7, 11) is 1.80. The van der Waals surface area contributed by atoms with Crippen LogP contribution in [0.15, 0.2) is 28.7 Å². The Hall–Kier alpha value is -1.42. The fourth-order valence-corrected chi connectivity index (χ4v) is 3.93. The standard InChI is InChI=1S/C20H30N6S.HI/c1-16-25-18(15-27-16)8-10-23-20(21-2)24-14-17-7-9-22-19(13-17)26-11-5-3-4-6-12-26;/h7,9,13,15H,3-6,8,10-12,14H2,1-2H3,(H2,21,23,24);1H. The van der Waals surface area contributed by atoms with Crippen molar-refractivity contribution in [2.24, 2.45) is 4.99 Å². The van der Waals surface area contributed by atoms with Crippen LogP contribution in [0.5, 0.6) is 0 Å². The summed E-state index contributed by atoms with van der Waals surface area (Å²) in [6.45, 7) is 5.82. The number of hydrogen-bond acceptors (Lipinski definition) is 5. The van der Waals surface area contributed by atoms with Gasteiger partial charge in [-0.05, 0) is 37.5 Å². The lowest BCUT2D eigenvalue weighted by atomic mass is 10.2. The monoisotopic (exact) mass is 514 g/mol. The molecule has 3 heterocycles. The Kier molecular flexibility index (Phi) is 9.97. The number of nitrogens with zero attached hydrogens (tertiary/aromatic N) is 4. The van der Waals surface area contributed by atoms with Crippen molar-refractivity contribution in [2.45, 2.75) is 45.6 Å². The van der Waals surface area contributed by atoms with Crippen molar-refractivity contribution in [3.63, 3.8) is 0 Å². The van der Waals surface area contributed by atoms with Crippen LogP contribution in [0, 0.1) is 6.92 Å². The van der Waals surface area contributed by atoms with E-state index in [1.807, 2.05) is 13.1 Å². The van der Waals surface area contributed by atoms with Crippen LogP contribution in [0.3, 0.4) is 0 Å². The molecule has 0 atom stereocenters. The normalized spacial score (nSPS) is 14.9. The second kappa shape index (κ2) is 12.2. The van der Waals surface area contributed by atoms with E-state index in [0.717, 1.165) is 55.1 Å². The third-order valence-corrected chi connectivity index (χ3v) is 5.59. The Bertz CT molecular complexity index is 740. The molecule has 3 rings (SSSR count). The summed E-state index contributed by atoms with van der Waals surface area (Å²) in [4.78, 5) is 15.8. The molecular weight excluding hydrogens is 483 g/mol. The smallest absolute Gasteiger partial charge is 0.191 e. The molecule has 1 fully saturated rings. The molecule has 0 aliphatic carbocycles. The SMILES string of the molecule is CN=C(NCCc1csc(C)n1)NCc1ccnc(N2CCCCCC2)c1.I. The molecule has 0 unspecified atom stereocenters. The molecule has 2 aromatic heterocycles. The highest BCUT2D eigenvalue weighted by Gasteiger charge is 2.11. The van der Waals surface area contributed by atoms with Crippen LogP contribution in [0.25, 0.3) is 0 Å². The summed E-state index contributed by atoms with van der Waals surface area (Å²) < 4.78 is 0. The second-order valence-electron chi connectivity index (χ2n) is 6.88. The first-order valence-electron chi connectivity index (χ1n) is 9.80. The van der Waals surface area contributed by atoms with E-state index in [9.17, 15) is 0 Å². The van der Waals surface area contributed by atoms with Gasteiger partial charge in [0.15, 0.2) is 5.96 Å². The molecule has 154 valence electrons. The summed E-state index contributed by atoms with van der Waals surface area (Å²) >= 11 is 1.70. The summed E-state index contributed by atoms with van der Waals surface area (Å²) in [5.74, 6) is 1.91. The van der Waals surface area contributed by atoms with E-state index in [2.05, 4.69) is 48.0 Å². The van der Waals surface area contributed by atoms with Crippen molar-refractivity contribution < 1.29 is 0 Å². The summed E-state index contributed by atoms with van der Waals surface area (Å²) in [5, 5.41) is 9.99. The first-order chi connectivity index (χ1) is 13.2. The van der Waals surface area contributed by atoms with Crippen molar-refractivity contribution >= 4 is 47.1 Å². The number of aliphatic imine (C=N–C) groups is 1. The van der Waals surface area contributed by atoms with E-state index in [1.54, 1.807) is 18.4 Å². The van der Waals surface area contributed by atoms with E-state index in [1.165, 1.54) is 31.2 Å². The van der Waals surface area contributed by atoms with E-state index in [-0.39, 0.29) is 24.0 Å². The quantitative estimate of drug-likeness (QED) is 0.349. The lowest BCUT2D eigenvalue weighted by Gasteiger charge is -2.22. The molecule has 0 bridgehead atoms. The average Bonchev–Trinajstić information content (AvgIpc) is 2.94. The van der Waals surface area contributed by atoms with Crippen LogP contribution in [0.1, 0.15) is 41.9 Å². The highest BCUT2D eigenvalue weighted by Crippen LogP contribution is 2.18. The summed E-state index contributed by atoms with van der Waals surface area (Å²) in [5.41, 5.74) is 2.36. The van der Waals surface area contributed by atoms with Gasteiger partial charge >= 0.3 is 0 Å². The number of aryl methyl sites for hydroxylation is 1. The lowest BCUT2D eigenvalue weighted by Crippen LogP contribution is -2.38. The van der Waals surface area contributed by atoms with Gasteiger partial charge in [-0.2, -0.15) is 0 Å². The van der Waals surface area contributed by atoms with Crippen LogP contribution in [-0.4, -0.2) is 42.6 Å². The zero-order valence-electron chi connectivity index (χ0n) is 16.8. The van der Waals surface area contributed by atoms with Gasteiger partial charge in [-0.1, -0.05) is 12.8 Å². The van der Waals surface area contributed by atoms with E-state index < -0.39 is 0 Å². The fourth-order valence-electron chi connectivity index (χ4n) is 3.28. The first kappa shape index (κ1) is 22.9. The molecule has 0 amide bonds. The molecule has 0 aromatic carbocycles. The highest BCUT2D eigenvalue weighted by molar-refractivity contribution is 14.0. The Morgan fingerprint density at radius 3 is 2.68 bits per heavy atom. The molecule has 2 aromatic rings. The molecule has 0 radical (unpaired) electrons. The summed E-state index contributed by atoms with van der Waals surface area (Å²) in [6, 6.07) is 4.27. The Labute approximate surface area is 189 Å². The van der Waals surface area contributed by atoms with E-state index in [4.69, 9.17) is 0 Å². The first-order valence-corrected chi connectivity index (χ1v) is 10.7. The molecule has 6 nitrogen and oxygen atoms in total. The summed E-state index contributed by atoms with van der Waals surface area (Å²) in [6.07, 6.45) is 8.01. The maximum atomic E-state index is 4.58. The van der Waals surface area contributed by atoms with Gasteiger partial charge in [0.1, 0.15) is 5.82 Å². The van der Waals surface area contributed by atoms with Crippen molar-refractivity contribution in [3.05, 3.63) is 40.0 Å². The third-order valence-electron chi connectivity index (χ3n) is 4.76. The van der Waals surface area contributed by atoms with E-state index >= 15 is 0 Å². The molecular formula is C20H31IN6S. The van der Waals surface area contributed by atoms with Gasteiger partial charge in [-0.3, -0.25) is 4.99 Å². The van der Waals surface area contributed by atoms with Crippen molar-refractivity contribution in [2.75, 3.05) is 31.6 Å². The topological polar surface area (TPSA) is 65.4 Å². The largest absolute Gasteiger partial charge is 0.357 e. The van der Waals surface area contributed by atoms with Gasteiger partial charge in [0.2, 0.25) is 0 Å². The number of hydrogen-bond donors (Lipinski definition) is 2. The van der Waals surface area contributed by atoms with Crippen LogP contribution in [-0.2, 0) is 13.0 Å². The highest BCUT2D eigenvalue weighted by atomic mass is 127. The van der Waals surface area contributed by atoms with Gasteiger partial charge < -0.3 is 15.5 Å². The number of thiazole rings is 1. The zero-order valence-corrected chi connectivity index (χ0v) is 19.9. The minimum atomic E-state index is 0.